The first kappa shape index (κ1) is 18.9. The van der Waals surface area contributed by atoms with Crippen molar-refractivity contribution in [2.45, 2.75) is 13.8 Å². The fraction of sp³-hybridized carbons (Fsp3) is 0.200. The minimum atomic E-state index is -0.227. The molecule has 0 aliphatic rings. The van der Waals surface area contributed by atoms with Gasteiger partial charge in [-0.1, -0.05) is 0 Å². The van der Waals surface area contributed by atoms with E-state index in [1.54, 1.807) is 35.6 Å². The van der Waals surface area contributed by atoms with Gasteiger partial charge in [0.1, 0.15) is 11.6 Å². The highest BCUT2D eigenvalue weighted by Gasteiger charge is 2.20. The maximum absolute atomic E-state index is 12.9. The Bertz CT molecular complexity index is 944. The molecule has 6 nitrogen and oxygen atoms in total. The Kier molecular flexibility index (Phi) is 5.73. The zero-order chi connectivity index (χ0) is 19.4. The van der Waals surface area contributed by atoms with Crippen LogP contribution in [0.5, 0.6) is 0 Å². The molecule has 27 heavy (non-hydrogen) atoms. The Labute approximate surface area is 161 Å². The highest BCUT2D eigenvalue weighted by Crippen LogP contribution is 2.31. The summed E-state index contributed by atoms with van der Waals surface area (Å²) in [7, 11) is 1.47. The quantitative estimate of drug-likeness (QED) is 0.676. The molecule has 0 aliphatic heterocycles. The lowest BCUT2D eigenvalue weighted by molar-refractivity contribution is -0.119. The molecule has 7 heteroatoms. The lowest BCUT2D eigenvalue weighted by atomic mass is 10.1. The molecular weight excluding hydrogens is 362 g/mol. The highest BCUT2D eigenvalue weighted by atomic mass is 32.1. The van der Waals surface area contributed by atoms with Gasteiger partial charge in [0.25, 0.3) is 5.91 Å². The number of benzene rings is 1. The van der Waals surface area contributed by atoms with E-state index >= 15 is 0 Å². The molecule has 2 heterocycles. The summed E-state index contributed by atoms with van der Waals surface area (Å²) in [4.78, 5) is 25.6. The Morgan fingerprint density at radius 2 is 1.63 bits per heavy atom. The number of nitrogens with one attached hydrogen (secondary N) is 2. The lowest BCUT2D eigenvalue weighted by Crippen LogP contribution is -2.17. The van der Waals surface area contributed by atoms with Crippen molar-refractivity contribution in [3.63, 3.8) is 0 Å². The summed E-state index contributed by atoms with van der Waals surface area (Å²) >= 11 is 1.59. The van der Waals surface area contributed by atoms with Crippen LogP contribution in [0.4, 0.5) is 11.4 Å². The second-order valence-corrected chi connectivity index (χ2v) is 7.27. The van der Waals surface area contributed by atoms with Gasteiger partial charge in [0.15, 0.2) is 0 Å². The molecule has 0 saturated heterocycles. The van der Waals surface area contributed by atoms with Crippen LogP contribution in [0.1, 0.15) is 20.8 Å². The minimum absolute atomic E-state index is 0.00254. The van der Waals surface area contributed by atoms with Gasteiger partial charge in [0, 0.05) is 35.8 Å². The van der Waals surface area contributed by atoms with E-state index in [9.17, 15) is 9.59 Å². The van der Waals surface area contributed by atoms with Crippen molar-refractivity contribution in [1.29, 1.82) is 0 Å². The third-order valence-electron chi connectivity index (χ3n) is 4.13. The van der Waals surface area contributed by atoms with Crippen LogP contribution in [0.2, 0.25) is 0 Å². The average Bonchev–Trinajstić information content (AvgIpc) is 3.26. The molecule has 140 valence electrons. The molecular formula is C20H21N3O3S. The van der Waals surface area contributed by atoms with Crippen molar-refractivity contribution >= 4 is 34.5 Å². The number of aryl methyl sites for hydroxylation is 1. The summed E-state index contributed by atoms with van der Waals surface area (Å²) in [5.74, 6) is -0.383. The van der Waals surface area contributed by atoms with Gasteiger partial charge in [-0.05, 0) is 55.8 Å². The van der Waals surface area contributed by atoms with Crippen molar-refractivity contribution in [1.82, 2.24) is 4.57 Å². The molecule has 2 amide bonds. The van der Waals surface area contributed by atoms with Crippen LogP contribution < -0.4 is 10.6 Å². The summed E-state index contributed by atoms with van der Waals surface area (Å²) in [5.41, 5.74) is 2.95. The molecule has 3 aromatic rings. The predicted octanol–water partition coefficient (Wildman–Crippen LogP) is 3.99. The largest absolute Gasteiger partial charge is 0.375 e. The molecule has 0 aliphatic carbocycles. The molecule has 1 aromatic carbocycles. The number of anilines is 2. The molecule has 0 spiro atoms. The highest BCUT2D eigenvalue weighted by molar-refractivity contribution is 7.15. The molecule has 0 fully saturated rings. The molecule has 0 bridgehead atoms. The van der Waals surface area contributed by atoms with Crippen LogP contribution >= 0.6 is 11.3 Å². The third kappa shape index (κ3) is 4.27. The summed E-state index contributed by atoms with van der Waals surface area (Å²) < 4.78 is 6.74. The average molecular weight is 383 g/mol. The number of hydrogen-bond donors (Lipinski definition) is 2. The number of carbonyl (C=O) groups excluding carboxylic acids is 2. The van der Waals surface area contributed by atoms with E-state index in [1.807, 2.05) is 42.9 Å². The van der Waals surface area contributed by atoms with Crippen LogP contribution in [-0.2, 0) is 9.53 Å². The smallest absolute Gasteiger partial charge is 0.258 e. The van der Waals surface area contributed by atoms with Gasteiger partial charge in [0.2, 0.25) is 5.91 Å². The molecule has 0 radical (unpaired) electrons. The number of aromatic nitrogens is 1. The first-order chi connectivity index (χ1) is 13.0. The Hall–Kier alpha value is -2.90. The standard InChI is InChI=1S/C20H21N3O3S/c1-13-14(2)27-20(23-10-4-5-11-23)18(13)19(25)22-16-8-6-15(7-9-16)21-17(24)12-26-3/h4-11H,12H2,1-3H3,(H,21,24)(H,22,25). The van der Waals surface area contributed by atoms with Crippen molar-refractivity contribution in [2.75, 3.05) is 24.4 Å². The number of amides is 2. The van der Waals surface area contributed by atoms with Gasteiger partial charge in [0.05, 0.1) is 5.56 Å². The normalized spacial score (nSPS) is 10.6. The fourth-order valence-corrected chi connectivity index (χ4v) is 3.81. The molecule has 3 rings (SSSR count). The summed E-state index contributed by atoms with van der Waals surface area (Å²) in [5, 5.41) is 6.55. The van der Waals surface area contributed by atoms with E-state index in [2.05, 4.69) is 10.6 Å². The van der Waals surface area contributed by atoms with Gasteiger partial charge in [-0.25, -0.2) is 0 Å². The zero-order valence-corrected chi connectivity index (χ0v) is 16.2. The van der Waals surface area contributed by atoms with Crippen LogP contribution in [0.3, 0.4) is 0 Å². The molecule has 2 N–H and O–H groups in total. The zero-order valence-electron chi connectivity index (χ0n) is 15.4. The van der Waals surface area contributed by atoms with Crippen LogP contribution in [-0.4, -0.2) is 30.1 Å². The molecule has 0 unspecified atom stereocenters. The SMILES string of the molecule is COCC(=O)Nc1ccc(NC(=O)c2c(-n3cccc3)sc(C)c2C)cc1. The first-order valence-corrected chi connectivity index (χ1v) is 9.24. The number of nitrogens with zero attached hydrogens (tertiary/aromatic N) is 1. The van der Waals surface area contributed by atoms with E-state index in [0.717, 1.165) is 15.4 Å². The van der Waals surface area contributed by atoms with E-state index in [0.29, 0.717) is 16.9 Å². The predicted molar refractivity (Wildman–Crippen MR) is 108 cm³/mol. The van der Waals surface area contributed by atoms with Crippen LogP contribution in [0.25, 0.3) is 5.00 Å². The van der Waals surface area contributed by atoms with E-state index in [4.69, 9.17) is 4.74 Å². The van der Waals surface area contributed by atoms with Crippen LogP contribution in [0.15, 0.2) is 48.8 Å². The fourth-order valence-electron chi connectivity index (χ4n) is 2.69. The topological polar surface area (TPSA) is 72.4 Å². The summed E-state index contributed by atoms with van der Waals surface area (Å²) in [6.45, 7) is 3.97. The van der Waals surface area contributed by atoms with Crippen molar-refractivity contribution < 1.29 is 14.3 Å². The van der Waals surface area contributed by atoms with Crippen LogP contribution in [0, 0.1) is 13.8 Å². The van der Waals surface area contributed by atoms with E-state index in [-0.39, 0.29) is 18.4 Å². The second kappa shape index (κ2) is 8.20. The Morgan fingerprint density at radius 1 is 1.04 bits per heavy atom. The summed E-state index contributed by atoms with van der Waals surface area (Å²) in [6, 6.07) is 10.9. The Morgan fingerprint density at radius 3 is 2.22 bits per heavy atom. The number of methoxy groups -OCH3 is 1. The lowest BCUT2D eigenvalue weighted by Gasteiger charge is -2.10. The number of hydrogen-bond acceptors (Lipinski definition) is 4. The van der Waals surface area contributed by atoms with Gasteiger partial charge < -0.3 is 19.9 Å². The van der Waals surface area contributed by atoms with Gasteiger partial charge in [-0.2, -0.15) is 0 Å². The number of carbonyl (C=O) groups is 2. The maximum atomic E-state index is 12.9. The maximum Gasteiger partial charge on any atom is 0.258 e. The molecule has 0 saturated carbocycles. The second-order valence-electron chi connectivity index (χ2n) is 6.07. The number of ether oxygens (including phenoxy) is 1. The molecule has 2 aromatic heterocycles. The third-order valence-corrected chi connectivity index (χ3v) is 5.36. The monoisotopic (exact) mass is 383 g/mol. The molecule has 0 atom stereocenters. The van der Waals surface area contributed by atoms with E-state index < -0.39 is 0 Å². The minimum Gasteiger partial charge on any atom is -0.375 e. The van der Waals surface area contributed by atoms with Gasteiger partial charge in [-0.15, -0.1) is 11.3 Å². The first-order valence-electron chi connectivity index (χ1n) is 8.43. The number of rotatable bonds is 6. The van der Waals surface area contributed by atoms with Crippen molar-refractivity contribution in [3.05, 3.63) is 64.8 Å². The summed E-state index contributed by atoms with van der Waals surface area (Å²) in [6.07, 6.45) is 3.86. The van der Waals surface area contributed by atoms with Crippen molar-refractivity contribution in [2.24, 2.45) is 0 Å². The van der Waals surface area contributed by atoms with Crippen molar-refractivity contribution in [3.8, 4) is 5.00 Å². The van der Waals surface area contributed by atoms with Gasteiger partial charge >= 0.3 is 0 Å². The Balaban J connectivity index is 1.77. The van der Waals surface area contributed by atoms with Gasteiger partial charge in [-0.3, -0.25) is 9.59 Å². The number of thiophene rings is 1. The van der Waals surface area contributed by atoms with E-state index in [1.165, 1.54) is 7.11 Å².